The molecule has 92 valence electrons. The van der Waals surface area contributed by atoms with E-state index in [-0.39, 0.29) is 5.91 Å². The molecular formula is C12H16N2O3. The van der Waals surface area contributed by atoms with Gasteiger partial charge in [-0.3, -0.25) is 4.79 Å². The number of amides is 1. The molecule has 17 heavy (non-hydrogen) atoms. The van der Waals surface area contributed by atoms with E-state index in [2.05, 4.69) is 10.6 Å². The molecule has 0 aromatic heterocycles. The molecule has 0 fully saturated rings. The first-order valence-electron chi connectivity index (χ1n) is 5.63. The van der Waals surface area contributed by atoms with Crippen LogP contribution in [0.3, 0.4) is 0 Å². The number of carbonyl (C=O) groups is 1. The molecule has 0 spiro atoms. The summed E-state index contributed by atoms with van der Waals surface area (Å²) in [6.45, 7) is 2.36. The zero-order chi connectivity index (χ0) is 12.1. The topological polar surface area (TPSA) is 59.6 Å². The average Bonchev–Trinajstić information content (AvgIpc) is 2.52. The van der Waals surface area contributed by atoms with Crippen LogP contribution in [0.15, 0.2) is 18.2 Å². The summed E-state index contributed by atoms with van der Waals surface area (Å²) in [5.74, 6) is 1.18. The highest BCUT2D eigenvalue weighted by molar-refractivity contribution is 5.97. The van der Waals surface area contributed by atoms with E-state index in [1.165, 1.54) is 0 Å². The molecule has 0 radical (unpaired) electrons. The minimum absolute atomic E-state index is 0.114. The van der Waals surface area contributed by atoms with Crippen LogP contribution in [0, 0.1) is 0 Å². The molecule has 1 aromatic carbocycles. The van der Waals surface area contributed by atoms with Crippen LogP contribution in [-0.4, -0.2) is 39.3 Å². The third-order valence-corrected chi connectivity index (χ3v) is 2.46. The van der Waals surface area contributed by atoms with Crippen LogP contribution in [0.25, 0.3) is 0 Å². The predicted molar refractivity (Wildman–Crippen MR) is 63.7 cm³/mol. The van der Waals surface area contributed by atoms with Crippen LogP contribution in [0.4, 0.5) is 0 Å². The number of ether oxygens (including phenoxy) is 2. The highest BCUT2D eigenvalue weighted by Gasteiger charge is 2.16. The SMILES string of the molecule is CNCCOc1ccc2c(c1)C(=O)NCCO2. The fourth-order valence-corrected chi connectivity index (χ4v) is 1.59. The summed E-state index contributed by atoms with van der Waals surface area (Å²) in [6.07, 6.45) is 0. The number of rotatable bonds is 4. The molecule has 0 unspecified atom stereocenters. The number of benzene rings is 1. The van der Waals surface area contributed by atoms with Crippen molar-refractivity contribution < 1.29 is 14.3 Å². The van der Waals surface area contributed by atoms with Crippen molar-refractivity contribution in [3.8, 4) is 11.5 Å². The molecule has 2 rings (SSSR count). The first-order valence-corrected chi connectivity index (χ1v) is 5.63. The minimum atomic E-state index is -0.114. The number of nitrogens with one attached hydrogen (secondary N) is 2. The lowest BCUT2D eigenvalue weighted by molar-refractivity contribution is 0.0956. The summed E-state index contributed by atoms with van der Waals surface area (Å²) in [4.78, 5) is 11.7. The monoisotopic (exact) mass is 236 g/mol. The van der Waals surface area contributed by atoms with Crippen LogP contribution >= 0.6 is 0 Å². The normalized spacial score (nSPS) is 14.3. The molecule has 0 bridgehead atoms. The molecule has 1 amide bonds. The number of likely N-dealkylation sites (N-methyl/N-ethyl adjacent to an activating group) is 1. The van der Waals surface area contributed by atoms with Crippen LogP contribution in [0.1, 0.15) is 10.4 Å². The van der Waals surface area contributed by atoms with Gasteiger partial charge < -0.3 is 20.1 Å². The molecule has 1 aliphatic rings. The molecule has 0 atom stereocenters. The van der Waals surface area contributed by atoms with Crippen molar-refractivity contribution in [1.29, 1.82) is 0 Å². The van der Waals surface area contributed by atoms with E-state index in [1.807, 2.05) is 13.1 Å². The quantitative estimate of drug-likeness (QED) is 0.743. The van der Waals surface area contributed by atoms with E-state index in [0.29, 0.717) is 36.8 Å². The second-order valence-corrected chi connectivity index (χ2v) is 3.71. The van der Waals surface area contributed by atoms with E-state index in [9.17, 15) is 4.79 Å². The molecule has 0 aliphatic carbocycles. The molecule has 0 saturated heterocycles. The first-order chi connectivity index (χ1) is 8.31. The Bertz CT molecular complexity index is 407. The maximum absolute atomic E-state index is 11.7. The summed E-state index contributed by atoms with van der Waals surface area (Å²) in [6, 6.07) is 5.30. The highest BCUT2D eigenvalue weighted by Crippen LogP contribution is 2.25. The molecule has 5 heteroatoms. The molecule has 1 aliphatic heterocycles. The number of hydrogen-bond acceptors (Lipinski definition) is 4. The highest BCUT2D eigenvalue weighted by atomic mass is 16.5. The van der Waals surface area contributed by atoms with Crippen molar-refractivity contribution in [2.45, 2.75) is 0 Å². The Labute approximate surface area is 100 Å². The van der Waals surface area contributed by atoms with E-state index in [1.54, 1.807) is 12.1 Å². The molecular weight excluding hydrogens is 220 g/mol. The van der Waals surface area contributed by atoms with E-state index < -0.39 is 0 Å². The van der Waals surface area contributed by atoms with E-state index in [0.717, 1.165) is 6.54 Å². The van der Waals surface area contributed by atoms with Crippen molar-refractivity contribution in [3.63, 3.8) is 0 Å². The number of carbonyl (C=O) groups excluding carboxylic acids is 1. The van der Waals surface area contributed by atoms with Gasteiger partial charge in [0.05, 0.1) is 12.1 Å². The Morgan fingerprint density at radius 1 is 1.53 bits per heavy atom. The van der Waals surface area contributed by atoms with E-state index in [4.69, 9.17) is 9.47 Å². The molecule has 1 aromatic rings. The van der Waals surface area contributed by atoms with E-state index >= 15 is 0 Å². The predicted octanol–water partition coefficient (Wildman–Crippen LogP) is 0.407. The van der Waals surface area contributed by atoms with Crippen molar-refractivity contribution in [2.24, 2.45) is 0 Å². The summed E-state index contributed by atoms with van der Waals surface area (Å²) in [5.41, 5.74) is 0.532. The maximum atomic E-state index is 11.7. The lowest BCUT2D eigenvalue weighted by Crippen LogP contribution is -2.24. The maximum Gasteiger partial charge on any atom is 0.255 e. The molecule has 1 heterocycles. The second kappa shape index (κ2) is 5.54. The summed E-state index contributed by atoms with van der Waals surface area (Å²) in [7, 11) is 1.86. The zero-order valence-corrected chi connectivity index (χ0v) is 9.79. The van der Waals surface area contributed by atoms with Gasteiger partial charge in [-0.25, -0.2) is 0 Å². The summed E-state index contributed by atoms with van der Waals surface area (Å²) >= 11 is 0. The molecule has 0 saturated carbocycles. The number of hydrogen-bond donors (Lipinski definition) is 2. The Hall–Kier alpha value is -1.75. The third-order valence-electron chi connectivity index (χ3n) is 2.46. The van der Waals surface area contributed by atoms with Gasteiger partial charge in [0.25, 0.3) is 5.91 Å². The second-order valence-electron chi connectivity index (χ2n) is 3.71. The minimum Gasteiger partial charge on any atom is -0.492 e. The van der Waals surface area contributed by atoms with Crippen LogP contribution < -0.4 is 20.1 Å². The van der Waals surface area contributed by atoms with Crippen LogP contribution in [0.5, 0.6) is 11.5 Å². The largest absolute Gasteiger partial charge is 0.492 e. The van der Waals surface area contributed by atoms with Crippen LogP contribution in [-0.2, 0) is 0 Å². The van der Waals surface area contributed by atoms with Crippen molar-refractivity contribution in [1.82, 2.24) is 10.6 Å². The smallest absolute Gasteiger partial charge is 0.255 e. The van der Waals surface area contributed by atoms with Crippen molar-refractivity contribution in [2.75, 3.05) is 33.4 Å². The lowest BCUT2D eigenvalue weighted by atomic mass is 10.2. The Kier molecular flexibility index (Phi) is 3.82. The Morgan fingerprint density at radius 2 is 2.41 bits per heavy atom. The Balaban J connectivity index is 2.14. The first kappa shape index (κ1) is 11.7. The van der Waals surface area contributed by atoms with Gasteiger partial charge in [0.1, 0.15) is 24.7 Å². The van der Waals surface area contributed by atoms with Crippen molar-refractivity contribution in [3.05, 3.63) is 23.8 Å². The van der Waals surface area contributed by atoms with Crippen molar-refractivity contribution >= 4 is 5.91 Å². The molecule has 5 nitrogen and oxygen atoms in total. The van der Waals surface area contributed by atoms with Gasteiger partial charge >= 0.3 is 0 Å². The third kappa shape index (κ3) is 2.88. The van der Waals surface area contributed by atoms with Gasteiger partial charge in [-0.1, -0.05) is 0 Å². The van der Waals surface area contributed by atoms with Gasteiger partial charge in [-0.05, 0) is 25.2 Å². The lowest BCUT2D eigenvalue weighted by Gasteiger charge is -2.09. The summed E-state index contributed by atoms with van der Waals surface area (Å²) < 4.78 is 11.0. The standard InChI is InChI=1S/C12H16N2O3/c1-13-4-6-16-9-2-3-11-10(8-9)12(15)14-5-7-17-11/h2-3,8,13H,4-7H2,1H3,(H,14,15). The van der Waals surface area contributed by atoms with Gasteiger partial charge in [0.15, 0.2) is 0 Å². The fraction of sp³-hybridized carbons (Fsp3) is 0.417. The molecule has 2 N–H and O–H groups in total. The van der Waals surface area contributed by atoms with Crippen LogP contribution in [0.2, 0.25) is 0 Å². The average molecular weight is 236 g/mol. The zero-order valence-electron chi connectivity index (χ0n) is 9.79. The number of fused-ring (bicyclic) bond motifs is 1. The van der Waals surface area contributed by atoms with Gasteiger partial charge in [0.2, 0.25) is 0 Å². The van der Waals surface area contributed by atoms with Gasteiger partial charge in [-0.15, -0.1) is 0 Å². The van der Waals surface area contributed by atoms with Gasteiger partial charge in [-0.2, -0.15) is 0 Å². The van der Waals surface area contributed by atoms with Gasteiger partial charge in [0, 0.05) is 6.54 Å². The summed E-state index contributed by atoms with van der Waals surface area (Å²) in [5, 5.41) is 5.75. The Morgan fingerprint density at radius 3 is 3.24 bits per heavy atom. The fourth-order valence-electron chi connectivity index (χ4n) is 1.59.